The number of rotatable bonds is 1. The van der Waals surface area contributed by atoms with E-state index in [1.807, 2.05) is 0 Å². The lowest BCUT2D eigenvalue weighted by atomic mass is 10.1. The molecule has 0 aliphatic carbocycles. The molecule has 1 aliphatic heterocycles. The fourth-order valence-corrected chi connectivity index (χ4v) is 2.01. The van der Waals surface area contributed by atoms with Crippen LogP contribution < -0.4 is 10.8 Å². The second kappa shape index (κ2) is 4.60. The van der Waals surface area contributed by atoms with Gasteiger partial charge < -0.3 is 15.1 Å². The molecule has 1 aromatic rings. The summed E-state index contributed by atoms with van der Waals surface area (Å²) in [5.74, 6) is 0. The van der Waals surface area contributed by atoms with E-state index < -0.39 is 7.60 Å². The van der Waals surface area contributed by atoms with Crippen LogP contribution in [0.1, 0.15) is 11.3 Å². The van der Waals surface area contributed by atoms with Crippen LogP contribution in [0, 0.1) is 0 Å². The van der Waals surface area contributed by atoms with Crippen molar-refractivity contribution in [3.63, 3.8) is 0 Å². The van der Waals surface area contributed by atoms with E-state index in [4.69, 9.17) is 9.79 Å². The van der Waals surface area contributed by atoms with Crippen LogP contribution in [0.3, 0.4) is 0 Å². The number of pyridine rings is 1. The Labute approximate surface area is 93.5 Å². The molecule has 84 valence electrons. The smallest absolute Gasteiger partial charge is 0.320 e. The number of aromatic nitrogens is 1. The first-order valence-electron chi connectivity index (χ1n) is 4.33. The summed E-state index contributed by atoms with van der Waals surface area (Å²) in [6.07, 6.45) is 0.725. The van der Waals surface area contributed by atoms with Crippen molar-refractivity contribution in [2.45, 2.75) is 13.0 Å². The topological polar surface area (TPSA) is 82.5 Å². The summed E-state index contributed by atoms with van der Waals surface area (Å²) in [5.41, 5.74) is 1.69. The molecule has 15 heavy (non-hydrogen) atoms. The molecule has 0 fully saturated rings. The van der Waals surface area contributed by atoms with E-state index in [9.17, 15) is 4.57 Å². The number of fused-ring (bicyclic) bond motifs is 1. The largest absolute Gasteiger partial charge is 0.374 e. The van der Waals surface area contributed by atoms with Crippen LogP contribution in [0.2, 0.25) is 0 Å². The average molecular weight is 251 g/mol. The SMILES string of the molecule is Cl.O=P(O)(O)c1ccc2c(n1)CCNC2. The van der Waals surface area contributed by atoms with Gasteiger partial charge in [0.05, 0.1) is 0 Å². The van der Waals surface area contributed by atoms with Gasteiger partial charge in [0.15, 0.2) is 5.44 Å². The zero-order valence-electron chi connectivity index (χ0n) is 7.88. The van der Waals surface area contributed by atoms with Crippen LogP contribution in [-0.2, 0) is 17.5 Å². The van der Waals surface area contributed by atoms with Crippen LogP contribution in [0.4, 0.5) is 0 Å². The van der Waals surface area contributed by atoms with Gasteiger partial charge in [0.25, 0.3) is 0 Å². The zero-order chi connectivity index (χ0) is 10.2. The normalized spacial score (nSPS) is 15.3. The molecule has 0 bridgehead atoms. The van der Waals surface area contributed by atoms with Crippen molar-refractivity contribution in [1.82, 2.24) is 10.3 Å². The third kappa shape index (κ3) is 2.77. The summed E-state index contributed by atoms with van der Waals surface area (Å²) in [4.78, 5) is 21.8. The van der Waals surface area contributed by atoms with Gasteiger partial charge >= 0.3 is 7.60 Å². The highest BCUT2D eigenvalue weighted by atomic mass is 35.5. The molecule has 0 spiro atoms. The first-order chi connectivity index (χ1) is 6.57. The van der Waals surface area contributed by atoms with Crippen molar-refractivity contribution >= 4 is 25.4 Å². The Morgan fingerprint density at radius 2 is 2.13 bits per heavy atom. The second-order valence-corrected chi connectivity index (χ2v) is 4.79. The van der Waals surface area contributed by atoms with Gasteiger partial charge in [0, 0.05) is 25.2 Å². The molecule has 0 saturated heterocycles. The van der Waals surface area contributed by atoms with Crippen LogP contribution >= 0.6 is 20.0 Å². The first kappa shape index (κ1) is 12.6. The number of nitrogens with one attached hydrogen (secondary N) is 1. The van der Waals surface area contributed by atoms with Crippen LogP contribution in [0.25, 0.3) is 0 Å². The van der Waals surface area contributed by atoms with Crippen LogP contribution in [0.5, 0.6) is 0 Å². The Balaban J connectivity index is 0.00000112. The maximum absolute atomic E-state index is 10.9. The molecule has 3 N–H and O–H groups in total. The highest BCUT2D eigenvalue weighted by molar-refractivity contribution is 7.60. The summed E-state index contributed by atoms with van der Waals surface area (Å²) in [5, 5.41) is 3.17. The van der Waals surface area contributed by atoms with E-state index in [2.05, 4.69) is 10.3 Å². The molecule has 0 saturated carbocycles. The Kier molecular flexibility index (Phi) is 3.87. The summed E-state index contributed by atoms with van der Waals surface area (Å²) in [6, 6.07) is 3.12. The predicted molar refractivity (Wildman–Crippen MR) is 58.6 cm³/mol. The van der Waals surface area contributed by atoms with Crippen molar-refractivity contribution in [3.05, 3.63) is 23.4 Å². The fourth-order valence-electron chi connectivity index (χ4n) is 1.49. The number of hydrogen-bond donors (Lipinski definition) is 3. The lowest BCUT2D eigenvalue weighted by Gasteiger charge is -2.16. The van der Waals surface area contributed by atoms with Gasteiger partial charge in [-0.1, -0.05) is 6.07 Å². The van der Waals surface area contributed by atoms with Crippen molar-refractivity contribution in [1.29, 1.82) is 0 Å². The van der Waals surface area contributed by atoms with E-state index >= 15 is 0 Å². The quantitative estimate of drug-likeness (QED) is 0.609. The maximum atomic E-state index is 10.9. The molecule has 1 aromatic heterocycles. The zero-order valence-corrected chi connectivity index (χ0v) is 9.59. The number of halogens is 1. The molecule has 1 aliphatic rings. The Bertz CT molecular complexity index is 407. The molecule has 0 atom stereocenters. The molecule has 7 heteroatoms. The third-order valence-corrected chi connectivity index (χ3v) is 3.05. The predicted octanol–water partition coefficient (Wildman–Crippen LogP) is -0.0479. The number of nitrogens with zero attached hydrogens (tertiary/aromatic N) is 1. The van der Waals surface area contributed by atoms with Gasteiger partial charge in [-0.3, -0.25) is 4.57 Å². The van der Waals surface area contributed by atoms with Crippen LogP contribution in [0.15, 0.2) is 12.1 Å². The summed E-state index contributed by atoms with van der Waals surface area (Å²) in [6.45, 7) is 1.54. The Morgan fingerprint density at radius 1 is 1.40 bits per heavy atom. The maximum Gasteiger partial charge on any atom is 0.374 e. The minimum atomic E-state index is -4.20. The second-order valence-electron chi connectivity index (χ2n) is 3.25. The molecule has 0 amide bonds. The van der Waals surface area contributed by atoms with Gasteiger partial charge in [0.2, 0.25) is 0 Å². The van der Waals surface area contributed by atoms with E-state index in [1.54, 1.807) is 6.07 Å². The van der Waals surface area contributed by atoms with Gasteiger partial charge in [-0.15, -0.1) is 12.4 Å². The minimum Gasteiger partial charge on any atom is -0.320 e. The van der Waals surface area contributed by atoms with Crippen molar-refractivity contribution in [2.24, 2.45) is 0 Å². The van der Waals surface area contributed by atoms with Crippen molar-refractivity contribution in [2.75, 3.05) is 6.54 Å². The summed E-state index contributed by atoms with van der Waals surface area (Å²) >= 11 is 0. The molecule has 2 rings (SSSR count). The van der Waals surface area contributed by atoms with Gasteiger partial charge in [-0.2, -0.15) is 0 Å². The van der Waals surface area contributed by atoms with Crippen molar-refractivity contribution < 1.29 is 14.4 Å². The lowest BCUT2D eigenvalue weighted by Crippen LogP contribution is -2.26. The van der Waals surface area contributed by atoms with Gasteiger partial charge in [-0.25, -0.2) is 4.98 Å². The molecule has 0 unspecified atom stereocenters. The molecule has 2 heterocycles. The van der Waals surface area contributed by atoms with E-state index in [-0.39, 0.29) is 17.8 Å². The molecular weight excluding hydrogens is 239 g/mol. The summed E-state index contributed by atoms with van der Waals surface area (Å²) in [7, 11) is -4.20. The highest BCUT2D eigenvalue weighted by Crippen LogP contribution is 2.32. The van der Waals surface area contributed by atoms with Gasteiger partial charge in [0.1, 0.15) is 0 Å². The molecule has 0 radical (unpaired) electrons. The first-order valence-corrected chi connectivity index (χ1v) is 5.94. The Hall–Kier alpha value is -0.450. The van der Waals surface area contributed by atoms with E-state index in [0.29, 0.717) is 0 Å². The molecule has 5 nitrogen and oxygen atoms in total. The average Bonchev–Trinajstić information content (AvgIpc) is 2.16. The van der Waals surface area contributed by atoms with Crippen LogP contribution in [-0.4, -0.2) is 21.3 Å². The lowest BCUT2D eigenvalue weighted by molar-refractivity contribution is 0.386. The number of hydrogen-bond acceptors (Lipinski definition) is 3. The molecule has 0 aromatic carbocycles. The molecular formula is C8H12ClN2O3P. The Morgan fingerprint density at radius 3 is 2.80 bits per heavy atom. The monoisotopic (exact) mass is 250 g/mol. The van der Waals surface area contributed by atoms with E-state index in [1.165, 1.54) is 6.07 Å². The standard InChI is InChI=1S/C8H11N2O3P.ClH/c11-14(12,13)8-2-1-6-5-9-4-3-7(6)10-8;/h1-2,9H,3-5H2,(H2,11,12,13);1H. The minimum absolute atomic E-state index is 0. The van der Waals surface area contributed by atoms with Crippen molar-refractivity contribution in [3.8, 4) is 0 Å². The third-order valence-electron chi connectivity index (χ3n) is 2.21. The fraction of sp³-hybridized carbons (Fsp3) is 0.375. The highest BCUT2D eigenvalue weighted by Gasteiger charge is 2.21. The van der Waals surface area contributed by atoms with Gasteiger partial charge in [-0.05, 0) is 11.6 Å². The van der Waals surface area contributed by atoms with E-state index in [0.717, 1.165) is 30.8 Å². The summed E-state index contributed by atoms with van der Waals surface area (Å²) < 4.78 is 10.9.